The standard InChI is InChI=1S/C17H18Cl2N2O3S/c1-2-10-20-17(22)12-21(16-9-8-13(18)11-15(16)19)25(23,24)14-6-4-3-5-7-14/h3-9,11H,2,10,12H2,1H3,(H,20,22). The second-order valence-electron chi connectivity index (χ2n) is 5.27. The third-order valence-electron chi connectivity index (χ3n) is 3.37. The summed E-state index contributed by atoms with van der Waals surface area (Å²) >= 11 is 12.1. The van der Waals surface area contributed by atoms with E-state index >= 15 is 0 Å². The zero-order chi connectivity index (χ0) is 18.4. The molecule has 0 atom stereocenters. The number of hydrogen-bond donors (Lipinski definition) is 1. The molecule has 0 spiro atoms. The summed E-state index contributed by atoms with van der Waals surface area (Å²) in [6.07, 6.45) is 0.749. The average Bonchev–Trinajstić information content (AvgIpc) is 2.59. The van der Waals surface area contributed by atoms with Gasteiger partial charge < -0.3 is 5.32 Å². The van der Waals surface area contributed by atoms with Crippen LogP contribution in [0.4, 0.5) is 5.69 Å². The van der Waals surface area contributed by atoms with Crippen LogP contribution in [0.2, 0.25) is 10.0 Å². The van der Waals surface area contributed by atoms with E-state index < -0.39 is 15.9 Å². The van der Waals surface area contributed by atoms with Crippen molar-refractivity contribution in [3.63, 3.8) is 0 Å². The molecule has 0 heterocycles. The number of carbonyl (C=O) groups is 1. The number of amides is 1. The van der Waals surface area contributed by atoms with Crippen LogP contribution in [-0.4, -0.2) is 27.4 Å². The van der Waals surface area contributed by atoms with Crippen molar-refractivity contribution in [1.29, 1.82) is 0 Å². The zero-order valence-corrected chi connectivity index (χ0v) is 15.9. The van der Waals surface area contributed by atoms with Gasteiger partial charge in [-0.15, -0.1) is 0 Å². The van der Waals surface area contributed by atoms with Crippen LogP contribution in [-0.2, 0) is 14.8 Å². The molecular weight excluding hydrogens is 383 g/mol. The molecule has 134 valence electrons. The molecule has 2 rings (SSSR count). The minimum absolute atomic E-state index is 0.0734. The molecule has 25 heavy (non-hydrogen) atoms. The smallest absolute Gasteiger partial charge is 0.264 e. The van der Waals surface area contributed by atoms with Crippen LogP contribution in [0.5, 0.6) is 0 Å². The summed E-state index contributed by atoms with van der Waals surface area (Å²) in [6, 6.07) is 12.3. The molecule has 1 amide bonds. The van der Waals surface area contributed by atoms with Crippen LogP contribution in [0.3, 0.4) is 0 Å². The third kappa shape index (κ3) is 4.87. The van der Waals surface area contributed by atoms with E-state index in [1.165, 1.54) is 30.3 Å². The Balaban J connectivity index is 2.47. The van der Waals surface area contributed by atoms with Crippen molar-refractivity contribution >= 4 is 44.8 Å². The van der Waals surface area contributed by atoms with Gasteiger partial charge in [0.05, 0.1) is 15.6 Å². The topological polar surface area (TPSA) is 66.5 Å². The molecule has 2 aromatic rings. The van der Waals surface area contributed by atoms with Crippen molar-refractivity contribution in [2.24, 2.45) is 0 Å². The largest absolute Gasteiger partial charge is 0.355 e. The van der Waals surface area contributed by atoms with Crippen LogP contribution < -0.4 is 9.62 Å². The number of anilines is 1. The molecule has 1 N–H and O–H groups in total. The van der Waals surface area contributed by atoms with Crippen LogP contribution in [0.15, 0.2) is 53.4 Å². The highest BCUT2D eigenvalue weighted by molar-refractivity contribution is 7.92. The maximum absolute atomic E-state index is 13.0. The lowest BCUT2D eigenvalue weighted by Crippen LogP contribution is -2.41. The fourth-order valence-corrected chi connectivity index (χ4v) is 4.18. The van der Waals surface area contributed by atoms with Crippen molar-refractivity contribution in [3.05, 3.63) is 58.6 Å². The Morgan fingerprint density at radius 2 is 1.80 bits per heavy atom. The Kier molecular flexibility index (Phi) is 6.70. The van der Waals surface area contributed by atoms with E-state index in [-0.39, 0.29) is 22.2 Å². The third-order valence-corrected chi connectivity index (χ3v) is 5.68. The van der Waals surface area contributed by atoms with Gasteiger partial charge in [-0.3, -0.25) is 9.10 Å². The summed E-state index contributed by atoms with van der Waals surface area (Å²) in [6.45, 7) is 2.00. The molecule has 0 saturated heterocycles. The average molecular weight is 401 g/mol. The molecule has 2 aromatic carbocycles. The first kappa shape index (κ1) is 19.6. The molecule has 0 fully saturated rings. The molecule has 0 aliphatic heterocycles. The Hall–Kier alpha value is -1.76. The van der Waals surface area contributed by atoms with Crippen molar-refractivity contribution in [2.75, 3.05) is 17.4 Å². The van der Waals surface area contributed by atoms with Gasteiger partial charge >= 0.3 is 0 Å². The lowest BCUT2D eigenvalue weighted by atomic mass is 10.3. The maximum atomic E-state index is 13.0. The normalized spacial score (nSPS) is 11.2. The van der Waals surface area contributed by atoms with Gasteiger partial charge in [-0.25, -0.2) is 8.42 Å². The first-order valence-electron chi connectivity index (χ1n) is 7.65. The Labute approximate surface area is 157 Å². The van der Waals surface area contributed by atoms with Gasteiger partial charge in [-0.05, 0) is 36.8 Å². The van der Waals surface area contributed by atoms with E-state index in [4.69, 9.17) is 23.2 Å². The fourth-order valence-electron chi connectivity index (χ4n) is 2.15. The van der Waals surface area contributed by atoms with Gasteiger partial charge in [0, 0.05) is 11.6 Å². The molecule has 0 saturated carbocycles. The highest BCUT2D eigenvalue weighted by Gasteiger charge is 2.28. The quantitative estimate of drug-likeness (QED) is 0.769. The maximum Gasteiger partial charge on any atom is 0.264 e. The number of rotatable bonds is 7. The SMILES string of the molecule is CCCNC(=O)CN(c1ccc(Cl)cc1Cl)S(=O)(=O)c1ccccc1. The van der Waals surface area contributed by atoms with E-state index in [0.29, 0.717) is 11.6 Å². The number of hydrogen-bond acceptors (Lipinski definition) is 3. The lowest BCUT2D eigenvalue weighted by molar-refractivity contribution is -0.119. The predicted molar refractivity (Wildman–Crippen MR) is 101 cm³/mol. The van der Waals surface area contributed by atoms with E-state index in [1.807, 2.05) is 6.92 Å². The molecule has 0 aliphatic rings. The summed E-state index contributed by atoms with van der Waals surface area (Å²) in [7, 11) is -3.96. The zero-order valence-electron chi connectivity index (χ0n) is 13.6. The molecule has 0 aromatic heterocycles. The van der Waals surface area contributed by atoms with E-state index in [2.05, 4.69) is 5.32 Å². The highest BCUT2D eigenvalue weighted by Crippen LogP contribution is 2.32. The second kappa shape index (κ2) is 8.56. The number of carbonyl (C=O) groups excluding carboxylic acids is 1. The van der Waals surface area contributed by atoms with Crippen molar-refractivity contribution in [3.8, 4) is 0 Å². The van der Waals surface area contributed by atoms with E-state index in [0.717, 1.165) is 10.7 Å². The second-order valence-corrected chi connectivity index (χ2v) is 7.98. The Bertz CT molecular complexity index is 842. The summed E-state index contributed by atoms with van der Waals surface area (Å²) in [4.78, 5) is 12.2. The minimum Gasteiger partial charge on any atom is -0.355 e. The predicted octanol–water partition coefficient (Wildman–Crippen LogP) is 3.71. The van der Waals surface area contributed by atoms with Gasteiger partial charge in [0.1, 0.15) is 6.54 Å². The van der Waals surface area contributed by atoms with Crippen LogP contribution in [0.1, 0.15) is 13.3 Å². The van der Waals surface area contributed by atoms with E-state index in [9.17, 15) is 13.2 Å². The first-order chi connectivity index (χ1) is 11.9. The first-order valence-corrected chi connectivity index (χ1v) is 9.85. The number of nitrogens with zero attached hydrogens (tertiary/aromatic N) is 1. The summed E-state index contributed by atoms with van der Waals surface area (Å²) in [5, 5.41) is 3.20. The molecule has 0 aliphatic carbocycles. The van der Waals surface area contributed by atoms with Gasteiger partial charge in [-0.1, -0.05) is 48.3 Å². The Morgan fingerprint density at radius 1 is 1.12 bits per heavy atom. The molecule has 8 heteroatoms. The highest BCUT2D eigenvalue weighted by atomic mass is 35.5. The number of halogens is 2. The van der Waals surface area contributed by atoms with Crippen molar-refractivity contribution in [1.82, 2.24) is 5.32 Å². The van der Waals surface area contributed by atoms with Gasteiger partial charge in [0.15, 0.2) is 0 Å². The van der Waals surface area contributed by atoms with E-state index in [1.54, 1.807) is 18.2 Å². The molecule has 5 nitrogen and oxygen atoms in total. The van der Waals surface area contributed by atoms with Crippen LogP contribution in [0, 0.1) is 0 Å². The van der Waals surface area contributed by atoms with Crippen LogP contribution in [0.25, 0.3) is 0 Å². The summed E-state index contributed by atoms with van der Waals surface area (Å²) in [5.74, 6) is -0.410. The summed E-state index contributed by atoms with van der Waals surface area (Å²) in [5.41, 5.74) is 0.196. The van der Waals surface area contributed by atoms with Gasteiger partial charge in [0.25, 0.3) is 10.0 Å². The molecule has 0 bridgehead atoms. The number of benzene rings is 2. The van der Waals surface area contributed by atoms with Crippen molar-refractivity contribution in [2.45, 2.75) is 18.2 Å². The van der Waals surface area contributed by atoms with Crippen molar-refractivity contribution < 1.29 is 13.2 Å². The molecule has 0 unspecified atom stereocenters. The number of sulfonamides is 1. The van der Waals surface area contributed by atoms with Gasteiger partial charge in [-0.2, -0.15) is 0 Å². The minimum atomic E-state index is -3.96. The number of nitrogens with one attached hydrogen (secondary N) is 1. The van der Waals surface area contributed by atoms with Gasteiger partial charge in [0.2, 0.25) is 5.91 Å². The fraction of sp³-hybridized carbons (Fsp3) is 0.235. The summed E-state index contributed by atoms with van der Waals surface area (Å²) < 4.78 is 27.1. The Morgan fingerprint density at radius 3 is 2.40 bits per heavy atom. The molecular formula is C17H18Cl2N2O3S. The lowest BCUT2D eigenvalue weighted by Gasteiger charge is -2.25. The van der Waals surface area contributed by atoms with Crippen LogP contribution >= 0.6 is 23.2 Å². The monoisotopic (exact) mass is 400 g/mol. The molecule has 0 radical (unpaired) electrons.